The zero-order chi connectivity index (χ0) is 14.2. The van der Waals surface area contributed by atoms with E-state index in [1.807, 2.05) is 18.2 Å². The van der Waals surface area contributed by atoms with Crippen molar-refractivity contribution in [3.8, 4) is 0 Å². The maximum Gasteiger partial charge on any atom is 0.123 e. The fourth-order valence-electron chi connectivity index (χ4n) is 2.07. The Bertz CT molecular complexity index is 496. The molecule has 0 fully saturated rings. The van der Waals surface area contributed by atoms with E-state index in [0.29, 0.717) is 5.82 Å². The smallest absolute Gasteiger partial charge is 0.123 e. The summed E-state index contributed by atoms with van der Waals surface area (Å²) in [5.41, 5.74) is 7.92. The first kappa shape index (κ1) is 14.3. The molecule has 2 aromatic rings. The van der Waals surface area contributed by atoms with Crippen LogP contribution in [0.2, 0.25) is 0 Å². The van der Waals surface area contributed by atoms with Gasteiger partial charge in [0.05, 0.1) is 11.9 Å². The fourth-order valence-corrected chi connectivity index (χ4v) is 2.07. The SMILES string of the molecule is CN(CCCNc1ccc(N)nc1)Cc1ccccc1. The van der Waals surface area contributed by atoms with Crippen molar-refractivity contribution in [2.45, 2.75) is 13.0 Å². The Morgan fingerprint density at radius 3 is 2.65 bits per heavy atom. The molecule has 0 unspecified atom stereocenters. The molecule has 3 N–H and O–H groups in total. The van der Waals surface area contributed by atoms with Crippen molar-refractivity contribution in [3.63, 3.8) is 0 Å². The Morgan fingerprint density at radius 2 is 1.95 bits per heavy atom. The highest BCUT2D eigenvalue weighted by Crippen LogP contribution is 2.07. The predicted molar refractivity (Wildman–Crippen MR) is 84.5 cm³/mol. The van der Waals surface area contributed by atoms with Gasteiger partial charge >= 0.3 is 0 Å². The van der Waals surface area contributed by atoms with Crippen molar-refractivity contribution in [3.05, 3.63) is 54.2 Å². The van der Waals surface area contributed by atoms with Crippen LogP contribution in [0, 0.1) is 0 Å². The summed E-state index contributed by atoms with van der Waals surface area (Å²) in [5, 5.41) is 3.35. The second kappa shape index (κ2) is 7.50. The first-order valence-corrected chi connectivity index (χ1v) is 6.92. The third-order valence-electron chi connectivity index (χ3n) is 3.13. The average molecular weight is 270 g/mol. The van der Waals surface area contributed by atoms with Crippen LogP contribution in [0.1, 0.15) is 12.0 Å². The van der Waals surface area contributed by atoms with Gasteiger partial charge in [-0.1, -0.05) is 30.3 Å². The molecule has 0 radical (unpaired) electrons. The Balaban J connectivity index is 1.64. The van der Waals surface area contributed by atoms with E-state index in [2.05, 4.69) is 46.5 Å². The molecule has 20 heavy (non-hydrogen) atoms. The summed E-state index contributed by atoms with van der Waals surface area (Å²) in [6.07, 6.45) is 2.86. The predicted octanol–water partition coefficient (Wildman–Crippen LogP) is 2.60. The minimum Gasteiger partial charge on any atom is -0.384 e. The van der Waals surface area contributed by atoms with Gasteiger partial charge in [-0.2, -0.15) is 0 Å². The van der Waals surface area contributed by atoms with Gasteiger partial charge in [0.1, 0.15) is 5.82 Å². The van der Waals surface area contributed by atoms with Crippen LogP contribution in [0.3, 0.4) is 0 Å². The Kier molecular flexibility index (Phi) is 5.38. The van der Waals surface area contributed by atoms with E-state index in [9.17, 15) is 0 Å². The number of hydrogen-bond acceptors (Lipinski definition) is 4. The maximum absolute atomic E-state index is 5.55. The second-order valence-corrected chi connectivity index (χ2v) is 4.98. The zero-order valence-electron chi connectivity index (χ0n) is 11.9. The maximum atomic E-state index is 5.55. The summed E-state index contributed by atoms with van der Waals surface area (Å²) < 4.78 is 0. The van der Waals surface area contributed by atoms with Gasteiger partial charge in [0, 0.05) is 13.1 Å². The van der Waals surface area contributed by atoms with Gasteiger partial charge < -0.3 is 16.0 Å². The third kappa shape index (κ3) is 4.90. The van der Waals surface area contributed by atoms with E-state index >= 15 is 0 Å². The van der Waals surface area contributed by atoms with E-state index in [0.717, 1.165) is 31.7 Å². The first-order valence-electron chi connectivity index (χ1n) is 6.92. The van der Waals surface area contributed by atoms with Crippen LogP contribution in [0.5, 0.6) is 0 Å². The van der Waals surface area contributed by atoms with Crippen LogP contribution < -0.4 is 11.1 Å². The van der Waals surface area contributed by atoms with Gasteiger partial charge in [0.2, 0.25) is 0 Å². The van der Waals surface area contributed by atoms with Crippen LogP contribution >= 0.6 is 0 Å². The number of benzene rings is 1. The lowest BCUT2D eigenvalue weighted by Crippen LogP contribution is -2.21. The number of rotatable bonds is 7. The minimum atomic E-state index is 0.554. The molecule has 1 heterocycles. The fraction of sp³-hybridized carbons (Fsp3) is 0.312. The largest absolute Gasteiger partial charge is 0.384 e. The third-order valence-corrected chi connectivity index (χ3v) is 3.13. The monoisotopic (exact) mass is 270 g/mol. The molecule has 0 aliphatic carbocycles. The number of hydrogen-bond donors (Lipinski definition) is 2. The standard InChI is InChI=1S/C16H22N4/c1-20(13-14-6-3-2-4-7-14)11-5-10-18-15-8-9-16(17)19-12-15/h2-4,6-9,12,18H,5,10-11,13H2,1H3,(H2,17,19). The van der Waals surface area contributed by atoms with Gasteiger partial charge in [0.15, 0.2) is 0 Å². The summed E-state index contributed by atoms with van der Waals surface area (Å²) in [5.74, 6) is 0.554. The first-order chi connectivity index (χ1) is 9.74. The Hall–Kier alpha value is -2.07. The summed E-state index contributed by atoms with van der Waals surface area (Å²) in [4.78, 5) is 6.39. The number of nitrogens with zero attached hydrogens (tertiary/aromatic N) is 2. The molecule has 0 aliphatic heterocycles. The normalized spacial score (nSPS) is 10.7. The highest BCUT2D eigenvalue weighted by Gasteiger charge is 1.99. The molecule has 0 spiro atoms. The molecule has 1 aromatic heterocycles. The molecule has 0 atom stereocenters. The lowest BCUT2D eigenvalue weighted by molar-refractivity contribution is 0.325. The molecule has 0 bridgehead atoms. The van der Waals surface area contributed by atoms with E-state index in [1.54, 1.807) is 6.20 Å². The molecular formula is C16H22N4. The second-order valence-electron chi connectivity index (χ2n) is 4.98. The number of aromatic nitrogens is 1. The zero-order valence-corrected chi connectivity index (χ0v) is 11.9. The van der Waals surface area contributed by atoms with Crippen molar-refractivity contribution in [2.75, 3.05) is 31.2 Å². The highest BCUT2D eigenvalue weighted by molar-refractivity contribution is 5.45. The van der Waals surface area contributed by atoms with Crippen LogP contribution in [-0.4, -0.2) is 30.0 Å². The van der Waals surface area contributed by atoms with Crippen LogP contribution in [0.4, 0.5) is 11.5 Å². The Labute approximate surface area is 120 Å². The van der Waals surface area contributed by atoms with Gasteiger partial charge in [-0.05, 0) is 37.7 Å². The molecule has 0 aliphatic rings. The minimum absolute atomic E-state index is 0.554. The van der Waals surface area contributed by atoms with Crippen molar-refractivity contribution >= 4 is 11.5 Å². The number of nitrogens with two attached hydrogens (primary N) is 1. The lowest BCUT2D eigenvalue weighted by atomic mass is 10.2. The van der Waals surface area contributed by atoms with E-state index < -0.39 is 0 Å². The van der Waals surface area contributed by atoms with Gasteiger partial charge in [-0.25, -0.2) is 4.98 Å². The van der Waals surface area contributed by atoms with Gasteiger partial charge in [-0.15, -0.1) is 0 Å². The van der Waals surface area contributed by atoms with Gasteiger partial charge in [0.25, 0.3) is 0 Å². The molecule has 1 aromatic carbocycles. The van der Waals surface area contributed by atoms with Crippen LogP contribution in [0.15, 0.2) is 48.7 Å². The Morgan fingerprint density at radius 1 is 1.15 bits per heavy atom. The van der Waals surface area contributed by atoms with Crippen molar-refractivity contribution in [1.29, 1.82) is 0 Å². The molecule has 0 saturated heterocycles. The van der Waals surface area contributed by atoms with Crippen molar-refractivity contribution in [2.24, 2.45) is 0 Å². The summed E-state index contributed by atoms with van der Waals surface area (Å²) >= 11 is 0. The molecular weight excluding hydrogens is 248 g/mol. The topological polar surface area (TPSA) is 54.2 Å². The number of nitrogen functional groups attached to an aromatic ring is 1. The van der Waals surface area contributed by atoms with Crippen LogP contribution in [-0.2, 0) is 6.54 Å². The lowest BCUT2D eigenvalue weighted by Gasteiger charge is -2.17. The van der Waals surface area contributed by atoms with Crippen molar-refractivity contribution in [1.82, 2.24) is 9.88 Å². The summed E-state index contributed by atoms with van der Waals surface area (Å²) in [6, 6.07) is 14.3. The van der Waals surface area contributed by atoms with E-state index in [-0.39, 0.29) is 0 Å². The molecule has 0 saturated carbocycles. The van der Waals surface area contributed by atoms with Gasteiger partial charge in [-0.3, -0.25) is 0 Å². The molecule has 4 nitrogen and oxygen atoms in total. The van der Waals surface area contributed by atoms with Crippen molar-refractivity contribution < 1.29 is 0 Å². The summed E-state index contributed by atoms with van der Waals surface area (Å²) in [7, 11) is 2.15. The average Bonchev–Trinajstić information content (AvgIpc) is 2.46. The molecule has 106 valence electrons. The number of anilines is 2. The molecule has 4 heteroatoms. The molecule has 0 amide bonds. The summed E-state index contributed by atoms with van der Waals surface area (Å²) in [6.45, 7) is 2.99. The number of nitrogens with one attached hydrogen (secondary N) is 1. The quantitative estimate of drug-likeness (QED) is 0.759. The molecule has 2 rings (SSSR count). The van der Waals surface area contributed by atoms with Crippen LogP contribution in [0.25, 0.3) is 0 Å². The van der Waals surface area contributed by atoms with E-state index in [1.165, 1.54) is 5.56 Å². The van der Waals surface area contributed by atoms with E-state index in [4.69, 9.17) is 5.73 Å². The number of pyridine rings is 1. The highest BCUT2D eigenvalue weighted by atomic mass is 15.1.